The zero-order chi connectivity index (χ0) is 12.3. The molecule has 0 aromatic rings. The molecule has 17 heavy (non-hydrogen) atoms. The molecular formula is C14H29N3. The predicted molar refractivity (Wildman–Crippen MR) is 73.3 cm³/mol. The zero-order valence-electron chi connectivity index (χ0n) is 11.8. The van der Waals surface area contributed by atoms with Crippen molar-refractivity contribution in [1.29, 1.82) is 0 Å². The van der Waals surface area contributed by atoms with Crippen molar-refractivity contribution in [3.8, 4) is 0 Å². The Kier molecular flexibility index (Phi) is 4.83. The average Bonchev–Trinajstić information content (AvgIpc) is 2.78. The van der Waals surface area contributed by atoms with Gasteiger partial charge in [0.2, 0.25) is 0 Å². The molecule has 2 fully saturated rings. The van der Waals surface area contributed by atoms with E-state index in [0.29, 0.717) is 0 Å². The van der Waals surface area contributed by atoms with Gasteiger partial charge in [0, 0.05) is 18.6 Å². The normalized spacial score (nSPS) is 29.3. The van der Waals surface area contributed by atoms with Crippen LogP contribution in [0.1, 0.15) is 33.1 Å². The summed E-state index contributed by atoms with van der Waals surface area (Å²) < 4.78 is 0. The second-order valence-corrected chi connectivity index (χ2v) is 6.07. The maximum absolute atomic E-state index is 3.32. The fourth-order valence-corrected chi connectivity index (χ4v) is 3.42. The molecule has 0 saturated carbocycles. The fourth-order valence-electron chi connectivity index (χ4n) is 3.42. The quantitative estimate of drug-likeness (QED) is 0.800. The van der Waals surface area contributed by atoms with Gasteiger partial charge in [-0.3, -0.25) is 4.90 Å². The van der Waals surface area contributed by atoms with Gasteiger partial charge in [0.15, 0.2) is 0 Å². The van der Waals surface area contributed by atoms with Crippen LogP contribution in [0.15, 0.2) is 0 Å². The summed E-state index contributed by atoms with van der Waals surface area (Å²) in [5, 5.41) is 3.32. The van der Waals surface area contributed by atoms with E-state index in [2.05, 4.69) is 36.0 Å². The van der Waals surface area contributed by atoms with Crippen LogP contribution in [-0.2, 0) is 0 Å². The van der Waals surface area contributed by atoms with Crippen LogP contribution < -0.4 is 5.32 Å². The molecule has 0 aromatic heterocycles. The molecule has 2 heterocycles. The third-order valence-electron chi connectivity index (χ3n) is 4.56. The number of hydrogen-bond acceptors (Lipinski definition) is 3. The molecule has 0 spiro atoms. The largest absolute Gasteiger partial charge is 0.319 e. The summed E-state index contributed by atoms with van der Waals surface area (Å²) in [4.78, 5) is 5.37. The minimum absolute atomic E-state index is 0.728. The lowest BCUT2D eigenvalue weighted by atomic mass is 10.0. The standard InChI is InChI=1S/C14H29N3/c1-12(2)16-8-5-14(6-9-16)17-7-4-13(11-17)10-15-3/h12-15H,4-11H2,1-3H3. The minimum Gasteiger partial charge on any atom is -0.319 e. The number of rotatable bonds is 4. The van der Waals surface area contributed by atoms with Crippen molar-refractivity contribution in [1.82, 2.24) is 15.1 Å². The van der Waals surface area contributed by atoms with Gasteiger partial charge in [-0.05, 0) is 72.3 Å². The maximum Gasteiger partial charge on any atom is 0.0120 e. The van der Waals surface area contributed by atoms with E-state index in [1.807, 2.05) is 0 Å². The van der Waals surface area contributed by atoms with Crippen molar-refractivity contribution in [2.45, 2.75) is 45.2 Å². The van der Waals surface area contributed by atoms with Crippen LogP contribution in [0.3, 0.4) is 0 Å². The van der Waals surface area contributed by atoms with Gasteiger partial charge in [0.05, 0.1) is 0 Å². The van der Waals surface area contributed by atoms with E-state index in [0.717, 1.165) is 18.0 Å². The van der Waals surface area contributed by atoms with Gasteiger partial charge in [-0.2, -0.15) is 0 Å². The summed E-state index contributed by atoms with van der Waals surface area (Å²) in [5.74, 6) is 0.892. The zero-order valence-corrected chi connectivity index (χ0v) is 11.8. The molecule has 2 aliphatic heterocycles. The minimum atomic E-state index is 0.728. The first kappa shape index (κ1) is 13.3. The molecule has 0 radical (unpaired) electrons. The summed E-state index contributed by atoms with van der Waals surface area (Å²) in [7, 11) is 2.07. The summed E-state index contributed by atoms with van der Waals surface area (Å²) in [6.45, 7) is 11.1. The average molecular weight is 239 g/mol. The van der Waals surface area contributed by atoms with Gasteiger partial charge in [-0.1, -0.05) is 0 Å². The monoisotopic (exact) mass is 239 g/mol. The Morgan fingerprint density at radius 1 is 1.12 bits per heavy atom. The van der Waals surface area contributed by atoms with Gasteiger partial charge in [-0.15, -0.1) is 0 Å². The highest BCUT2D eigenvalue weighted by molar-refractivity contribution is 4.86. The molecule has 3 heteroatoms. The second-order valence-electron chi connectivity index (χ2n) is 6.07. The Hall–Kier alpha value is -0.120. The van der Waals surface area contributed by atoms with E-state index < -0.39 is 0 Å². The highest BCUT2D eigenvalue weighted by Gasteiger charge is 2.30. The Morgan fingerprint density at radius 2 is 1.82 bits per heavy atom. The molecule has 0 bridgehead atoms. The van der Waals surface area contributed by atoms with Crippen LogP contribution in [0.4, 0.5) is 0 Å². The van der Waals surface area contributed by atoms with E-state index in [1.54, 1.807) is 0 Å². The van der Waals surface area contributed by atoms with Crippen LogP contribution in [0, 0.1) is 5.92 Å². The van der Waals surface area contributed by atoms with E-state index in [9.17, 15) is 0 Å². The summed E-state index contributed by atoms with van der Waals surface area (Å²) in [5.41, 5.74) is 0. The van der Waals surface area contributed by atoms with Gasteiger partial charge in [-0.25, -0.2) is 0 Å². The third kappa shape index (κ3) is 3.43. The van der Waals surface area contributed by atoms with Crippen LogP contribution in [0.25, 0.3) is 0 Å². The number of hydrogen-bond donors (Lipinski definition) is 1. The Morgan fingerprint density at radius 3 is 2.41 bits per heavy atom. The molecular weight excluding hydrogens is 210 g/mol. The van der Waals surface area contributed by atoms with Crippen molar-refractivity contribution in [2.24, 2.45) is 5.92 Å². The first-order chi connectivity index (χ1) is 8.20. The Balaban J connectivity index is 1.74. The van der Waals surface area contributed by atoms with Gasteiger partial charge < -0.3 is 10.2 Å². The summed E-state index contributed by atoms with van der Waals surface area (Å²) in [6, 6.07) is 1.60. The van der Waals surface area contributed by atoms with Crippen molar-refractivity contribution in [2.75, 3.05) is 39.8 Å². The van der Waals surface area contributed by atoms with Crippen molar-refractivity contribution in [3.05, 3.63) is 0 Å². The first-order valence-corrected chi connectivity index (χ1v) is 7.33. The molecule has 1 N–H and O–H groups in total. The van der Waals surface area contributed by atoms with Gasteiger partial charge in [0.25, 0.3) is 0 Å². The van der Waals surface area contributed by atoms with Crippen LogP contribution >= 0.6 is 0 Å². The number of piperidine rings is 1. The highest BCUT2D eigenvalue weighted by Crippen LogP contribution is 2.24. The molecule has 1 atom stereocenters. The molecule has 2 saturated heterocycles. The Bertz CT molecular complexity index is 222. The molecule has 1 unspecified atom stereocenters. The molecule has 0 aromatic carbocycles. The van der Waals surface area contributed by atoms with E-state index in [1.165, 1.54) is 52.0 Å². The molecule has 0 amide bonds. The lowest BCUT2D eigenvalue weighted by Gasteiger charge is -2.38. The van der Waals surface area contributed by atoms with Crippen molar-refractivity contribution >= 4 is 0 Å². The number of nitrogens with one attached hydrogen (secondary N) is 1. The summed E-state index contributed by atoms with van der Waals surface area (Å²) >= 11 is 0. The number of nitrogens with zero attached hydrogens (tertiary/aromatic N) is 2. The van der Waals surface area contributed by atoms with Crippen LogP contribution in [0.2, 0.25) is 0 Å². The molecule has 2 rings (SSSR count). The fraction of sp³-hybridized carbons (Fsp3) is 1.00. The molecule has 100 valence electrons. The van der Waals surface area contributed by atoms with E-state index >= 15 is 0 Å². The maximum atomic E-state index is 3.32. The van der Waals surface area contributed by atoms with Crippen molar-refractivity contribution in [3.63, 3.8) is 0 Å². The highest BCUT2D eigenvalue weighted by atomic mass is 15.2. The third-order valence-corrected chi connectivity index (χ3v) is 4.56. The molecule has 2 aliphatic rings. The lowest BCUT2D eigenvalue weighted by Crippen LogP contribution is -2.46. The number of likely N-dealkylation sites (tertiary alicyclic amines) is 2. The van der Waals surface area contributed by atoms with E-state index in [-0.39, 0.29) is 0 Å². The first-order valence-electron chi connectivity index (χ1n) is 7.33. The van der Waals surface area contributed by atoms with Crippen molar-refractivity contribution < 1.29 is 0 Å². The SMILES string of the molecule is CNCC1CCN(C2CCN(C(C)C)CC2)C1. The predicted octanol–water partition coefficient (Wildman–Crippen LogP) is 1.40. The summed E-state index contributed by atoms with van der Waals surface area (Å²) in [6.07, 6.45) is 4.15. The van der Waals surface area contributed by atoms with Crippen LogP contribution in [-0.4, -0.2) is 61.7 Å². The second kappa shape index (κ2) is 6.17. The Labute approximate surface area is 107 Å². The molecule has 0 aliphatic carbocycles. The lowest BCUT2D eigenvalue weighted by molar-refractivity contribution is 0.105. The smallest absolute Gasteiger partial charge is 0.0120 e. The van der Waals surface area contributed by atoms with E-state index in [4.69, 9.17) is 0 Å². The van der Waals surface area contributed by atoms with Crippen LogP contribution in [0.5, 0.6) is 0 Å². The molecule has 3 nitrogen and oxygen atoms in total. The van der Waals surface area contributed by atoms with Gasteiger partial charge in [0.1, 0.15) is 0 Å². The van der Waals surface area contributed by atoms with Gasteiger partial charge >= 0.3 is 0 Å². The topological polar surface area (TPSA) is 18.5 Å².